The predicted octanol–water partition coefficient (Wildman–Crippen LogP) is 0.964. The van der Waals surface area contributed by atoms with Crippen molar-refractivity contribution in [1.82, 2.24) is 14.7 Å². The maximum Gasteiger partial charge on any atom is 0.0146 e. The number of rotatable bonds is 2. The number of nitrogens with zero attached hydrogens (tertiary/aromatic N) is 3. The van der Waals surface area contributed by atoms with E-state index in [9.17, 15) is 0 Å². The van der Waals surface area contributed by atoms with Crippen LogP contribution in [0.15, 0.2) is 0 Å². The van der Waals surface area contributed by atoms with E-state index in [2.05, 4.69) is 35.6 Å². The van der Waals surface area contributed by atoms with Gasteiger partial charge in [-0.15, -0.1) is 0 Å². The number of hydrogen-bond acceptors (Lipinski definition) is 3. The molecule has 2 aliphatic rings. The highest BCUT2D eigenvalue weighted by molar-refractivity contribution is 4.86. The quantitative estimate of drug-likeness (QED) is 0.693. The average molecular weight is 225 g/mol. The number of likely N-dealkylation sites (tertiary alicyclic amines) is 1. The summed E-state index contributed by atoms with van der Waals surface area (Å²) in [6.07, 6.45) is 1.37. The first-order valence-electron chi connectivity index (χ1n) is 6.85. The van der Waals surface area contributed by atoms with Crippen LogP contribution in [0.25, 0.3) is 0 Å². The molecule has 0 spiro atoms. The highest BCUT2D eigenvalue weighted by Gasteiger charge is 2.31. The Morgan fingerprint density at radius 1 is 1.06 bits per heavy atom. The zero-order valence-electron chi connectivity index (χ0n) is 11.2. The van der Waals surface area contributed by atoms with Gasteiger partial charge in [0, 0.05) is 38.8 Å². The minimum absolute atomic E-state index is 0.844. The van der Waals surface area contributed by atoms with Crippen LogP contribution in [0.1, 0.15) is 20.3 Å². The first-order chi connectivity index (χ1) is 7.70. The second-order valence-corrected chi connectivity index (χ2v) is 5.57. The first kappa shape index (κ1) is 12.3. The van der Waals surface area contributed by atoms with Crippen molar-refractivity contribution in [2.45, 2.75) is 26.3 Å². The Balaban J connectivity index is 1.85. The third-order valence-electron chi connectivity index (χ3n) is 4.40. The van der Waals surface area contributed by atoms with E-state index in [-0.39, 0.29) is 0 Å². The van der Waals surface area contributed by atoms with E-state index in [1.165, 1.54) is 52.2 Å². The third-order valence-corrected chi connectivity index (χ3v) is 4.40. The molecule has 2 fully saturated rings. The van der Waals surface area contributed by atoms with Gasteiger partial charge in [0.15, 0.2) is 0 Å². The number of piperazine rings is 1. The van der Waals surface area contributed by atoms with E-state index in [0.29, 0.717) is 0 Å². The minimum Gasteiger partial charge on any atom is -0.304 e. The van der Waals surface area contributed by atoms with Crippen molar-refractivity contribution in [2.24, 2.45) is 5.92 Å². The molecule has 0 N–H and O–H groups in total. The molecule has 2 rings (SSSR count). The monoisotopic (exact) mass is 225 g/mol. The Morgan fingerprint density at radius 3 is 2.31 bits per heavy atom. The third kappa shape index (κ3) is 2.76. The summed E-state index contributed by atoms with van der Waals surface area (Å²) >= 11 is 0. The Morgan fingerprint density at radius 2 is 1.75 bits per heavy atom. The molecule has 0 bridgehead atoms. The lowest BCUT2D eigenvalue weighted by Gasteiger charge is -2.45. The van der Waals surface area contributed by atoms with Crippen LogP contribution in [-0.4, -0.2) is 73.6 Å². The number of piperidine rings is 1. The SMILES string of the molecule is CCN1CCC(N2CCN(C)CC2)[C@H](C)C1. The lowest BCUT2D eigenvalue weighted by atomic mass is 9.92. The second kappa shape index (κ2) is 5.48. The molecule has 0 aliphatic carbocycles. The van der Waals surface area contributed by atoms with E-state index in [1.807, 2.05) is 0 Å². The molecule has 3 heteroatoms. The van der Waals surface area contributed by atoms with Crippen LogP contribution in [0.4, 0.5) is 0 Å². The molecule has 2 heterocycles. The second-order valence-electron chi connectivity index (χ2n) is 5.57. The average Bonchev–Trinajstić information content (AvgIpc) is 2.30. The molecule has 2 atom stereocenters. The van der Waals surface area contributed by atoms with Crippen LogP contribution in [-0.2, 0) is 0 Å². The lowest BCUT2D eigenvalue weighted by molar-refractivity contribution is 0.0364. The largest absolute Gasteiger partial charge is 0.304 e. The lowest BCUT2D eigenvalue weighted by Crippen LogP contribution is -2.55. The van der Waals surface area contributed by atoms with Crippen LogP contribution in [0.2, 0.25) is 0 Å². The molecule has 3 nitrogen and oxygen atoms in total. The fourth-order valence-electron chi connectivity index (χ4n) is 3.20. The van der Waals surface area contributed by atoms with E-state index >= 15 is 0 Å². The van der Waals surface area contributed by atoms with Gasteiger partial charge >= 0.3 is 0 Å². The van der Waals surface area contributed by atoms with Crippen molar-refractivity contribution in [3.8, 4) is 0 Å². The van der Waals surface area contributed by atoms with Crippen molar-refractivity contribution in [3.05, 3.63) is 0 Å². The van der Waals surface area contributed by atoms with Gasteiger partial charge in [0.2, 0.25) is 0 Å². The smallest absolute Gasteiger partial charge is 0.0146 e. The Kier molecular flexibility index (Phi) is 4.22. The van der Waals surface area contributed by atoms with Gasteiger partial charge in [-0.1, -0.05) is 13.8 Å². The standard InChI is InChI=1S/C13H27N3/c1-4-15-6-5-13(12(2)11-15)16-9-7-14(3)8-10-16/h12-13H,4-11H2,1-3H3/t12-,13?/m1/s1. The van der Waals surface area contributed by atoms with Gasteiger partial charge in [-0.2, -0.15) is 0 Å². The summed E-state index contributed by atoms with van der Waals surface area (Å²) in [5.41, 5.74) is 0. The molecular formula is C13H27N3. The van der Waals surface area contributed by atoms with E-state index < -0.39 is 0 Å². The summed E-state index contributed by atoms with van der Waals surface area (Å²) in [6.45, 7) is 13.6. The van der Waals surface area contributed by atoms with Crippen molar-refractivity contribution < 1.29 is 0 Å². The van der Waals surface area contributed by atoms with Crippen LogP contribution in [0, 0.1) is 5.92 Å². The zero-order chi connectivity index (χ0) is 11.5. The molecule has 0 aromatic rings. The molecule has 0 aromatic carbocycles. The van der Waals surface area contributed by atoms with Gasteiger partial charge < -0.3 is 9.80 Å². The molecule has 0 saturated carbocycles. The van der Waals surface area contributed by atoms with E-state index in [4.69, 9.17) is 0 Å². The predicted molar refractivity (Wildman–Crippen MR) is 68.8 cm³/mol. The molecule has 0 aromatic heterocycles. The fourth-order valence-corrected chi connectivity index (χ4v) is 3.20. The highest BCUT2D eigenvalue weighted by atomic mass is 15.3. The van der Waals surface area contributed by atoms with Gasteiger partial charge in [0.1, 0.15) is 0 Å². The molecular weight excluding hydrogens is 198 g/mol. The number of likely N-dealkylation sites (N-methyl/N-ethyl adjacent to an activating group) is 1. The summed E-state index contributed by atoms with van der Waals surface area (Å²) in [4.78, 5) is 7.78. The van der Waals surface area contributed by atoms with E-state index in [0.717, 1.165) is 12.0 Å². The van der Waals surface area contributed by atoms with Gasteiger partial charge in [0.25, 0.3) is 0 Å². The summed E-state index contributed by atoms with van der Waals surface area (Å²) in [5, 5.41) is 0. The van der Waals surface area contributed by atoms with Gasteiger partial charge in [0.05, 0.1) is 0 Å². The summed E-state index contributed by atoms with van der Waals surface area (Å²) in [6, 6.07) is 0.844. The summed E-state index contributed by atoms with van der Waals surface area (Å²) in [7, 11) is 2.24. The normalized spacial score (nSPS) is 35.4. The molecule has 0 amide bonds. The fraction of sp³-hybridized carbons (Fsp3) is 1.00. The van der Waals surface area contributed by atoms with Crippen LogP contribution in [0.5, 0.6) is 0 Å². The van der Waals surface area contributed by atoms with Gasteiger partial charge in [-0.3, -0.25) is 4.90 Å². The van der Waals surface area contributed by atoms with Gasteiger partial charge in [-0.25, -0.2) is 0 Å². The highest BCUT2D eigenvalue weighted by Crippen LogP contribution is 2.22. The molecule has 94 valence electrons. The summed E-state index contributed by atoms with van der Waals surface area (Å²) < 4.78 is 0. The van der Waals surface area contributed by atoms with Crippen molar-refractivity contribution in [3.63, 3.8) is 0 Å². The molecule has 2 saturated heterocycles. The van der Waals surface area contributed by atoms with Crippen LogP contribution < -0.4 is 0 Å². The molecule has 16 heavy (non-hydrogen) atoms. The van der Waals surface area contributed by atoms with Crippen molar-refractivity contribution in [2.75, 3.05) is 52.9 Å². The summed E-state index contributed by atoms with van der Waals surface area (Å²) in [5.74, 6) is 0.845. The maximum absolute atomic E-state index is 2.73. The topological polar surface area (TPSA) is 9.72 Å². The maximum atomic E-state index is 2.73. The van der Waals surface area contributed by atoms with Crippen LogP contribution in [0.3, 0.4) is 0 Å². The Bertz CT molecular complexity index is 211. The Labute approximate surface area is 100 Å². The van der Waals surface area contributed by atoms with Crippen molar-refractivity contribution in [1.29, 1.82) is 0 Å². The molecule has 2 aliphatic heterocycles. The van der Waals surface area contributed by atoms with Gasteiger partial charge in [-0.05, 0) is 32.5 Å². The molecule has 1 unspecified atom stereocenters. The molecule has 0 radical (unpaired) electrons. The van der Waals surface area contributed by atoms with E-state index in [1.54, 1.807) is 0 Å². The first-order valence-corrected chi connectivity index (χ1v) is 6.85. The Hall–Kier alpha value is -0.120. The number of hydrogen-bond donors (Lipinski definition) is 0. The minimum atomic E-state index is 0.844. The van der Waals surface area contributed by atoms with Crippen molar-refractivity contribution >= 4 is 0 Å². The van der Waals surface area contributed by atoms with Crippen LogP contribution >= 0.6 is 0 Å². The zero-order valence-corrected chi connectivity index (χ0v) is 11.2.